The predicted molar refractivity (Wildman–Crippen MR) is 116 cm³/mol. The van der Waals surface area contributed by atoms with Gasteiger partial charge < -0.3 is 26.3 Å². The first kappa shape index (κ1) is 20.1. The lowest BCUT2D eigenvalue weighted by Crippen LogP contribution is -2.56. The molecule has 1 saturated heterocycles. The number of hydrogen-bond acceptors (Lipinski definition) is 7. The summed E-state index contributed by atoms with van der Waals surface area (Å²) in [6, 6.07) is 3.84. The number of rotatable bonds is 8. The van der Waals surface area contributed by atoms with Gasteiger partial charge in [-0.3, -0.25) is 9.59 Å². The number of nitrogens with zero attached hydrogens (tertiary/aromatic N) is 3. The van der Waals surface area contributed by atoms with E-state index in [1.165, 1.54) is 12.4 Å². The third kappa shape index (κ3) is 4.35. The molecule has 2 fully saturated rings. The Kier molecular flexibility index (Phi) is 5.80. The lowest BCUT2D eigenvalue weighted by atomic mass is 9.88. The van der Waals surface area contributed by atoms with Crippen molar-refractivity contribution in [2.24, 2.45) is 17.6 Å². The summed E-state index contributed by atoms with van der Waals surface area (Å²) in [5, 5.41) is 6.47. The van der Waals surface area contributed by atoms with Crippen molar-refractivity contribution >= 4 is 17.4 Å². The van der Waals surface area contributed by atoms with Gasteiger partial charge in [-0.2, -0.15) is 0 Å². The molecule has 3 heterocycles. The first-order valence-electron chi connectivity index (χ1n) is 10.2. The van der Waals surface area contributed by atoms with E-state index in [1.807, 2.05) is 17.0 Å². The monoisotopic (exact) mass is 409 g/mol. The number of likely N-dealkylation sites (tertiary alicyclic amines) is 1. The highest BCUT2D eigenvalue weighted by Gasteiger charge is 2.43. The van der Waals surface area contributed by atoms with Crippen molar-refractivity contribution in [3.8, 4) is 11.3 Å². The highest BCUT2D eigenvalue weighted by Crippen LogP contribution is 2.40. The molecule has 2 aromatic heterocycles. The Morgan fingerprint density at radius 1 is 1.33 bits per heavy atom. The van der Waals surface area contributed by atoms with Gasteiger partial charge in [0.1, 0.15) is 17.8 Å². The number of aromatic amines is 1. The van der Waals surface area contributed by atoms with Gasteiger partial charge in [-0.1, -0.05) is 6.08 Å². The van der Waals surface area contributed by atoms with Crippen molar-refractivity contribution in [3.05, 3.63) is 47.2 Å². The fraction of sp³-hybridized carbons (Fsp3) is 0.429. The molecule has 30 heavy (non-hydrogen) atoms. The molecule has 4 rings (SSSR count). The highest BCUT2D eigenvalue weighted by molar-refractivity contribution is 5.88. The zero-order valence-electron chi connectivity index (χ0n) is 17.0. The average molecular weight is 409 g/mol. The minimum absolute atomic E-state index is 0.00445. The van der Waals surface area contributed by atoms with Crippen molar-refractivity contribution in [2.75, 3.05) is 37.3 Å². The SMILES string of the molecule is CNc1cc(-c2c[nH]c(=O)c(NC(C3CC3)C3CN(C(=O)/C=C/CN)C3)c2)ncn1. The molecule has 1 amide bonds. The summed E-state index contributed by atoms with van der Waals surface area (Å²) in [5.41, 5.74) is 7.32. The number of hydrogen-bond donors (Lipinski definition) is 4. The summed E-state index contributed by atoms with van der Waals surface area (Å²) in [5.74, 6) is 1.56. The van der Waals surface area contributed by atoms with E-state index < -0.39 is 0 Å². The summed E-state index contributed by atoms with van der Waals surface area (Å²) in [7, 11) is 1.80. The van der Waals surface area contributed by atoms with Gasteiger partial charge in [-0.25, -0.2) is 9.97 Å². The number of carbonyl (C=O) groups is 1. The molecular weight excluding hydrogens is 382 g/mol. The van der Waals surface area contributed by atoms with E-state index in [-0.39, 0.29) is 17.5 Å². The third-order valence-electron chi connectivity index (χ3n) is 5.70. The number of carbonyl (C=O) groups excluding carboxylic acids is 1. The molecule has 9 heteroatoms. The van der Waals surface area contributed by atoms with Crippen molar-refractivity contribution in [1.82, 2.24) is 19.9 Å². The molecule has 2 aliphatic rings. The molecule has 0 aromatic carbocycles. The fourth-order valence-electron chi connectivity index (χ4n) is 3.84. The van der Waals surface area contributed by atoms with Gasteiger partial charge in [0, 0.05) is 62.5 Å². The maximum absolute atomic E-state index is 12.5. The van der Waals surface area contributed by atoms with Gasteiger partial charge in [0.25, 0.3) is 5.56 Å². The van der Waals surface area contributed by atoms with E-state index in [0.29, 0.717) is 43.0 Å². The van der Waals surface area contributed by atoms with Crippen molar-refractivity contribution in [1.29, 1.82) is 0 Å². The molecule has 1 aliphatic carbocycles. The normalized spacial score (nSPS) is 17.6. The van der Waals surface area contributed by atoms with E-state index in [1.54, 1.807) is 19.3 Å². The molecule has 5 N–H and O–H groups in total. The zero-order valence-corrected chi connectivity index (χ0v) is 17.0. The van der Waals surface area contributed by atoms with E-state index in [0.717, 1.165) is 24.1 Å². The van der Waals surface area contributed by atoms with Crippen molar-refractivity contribution in [2.45, 2.75) is 18.9 Å². The van der Waals surface area contributed by atoms with E-state index >= 15 is 0 Å². The van der Waals surface area contributed by atoms with Gasteiger partial charge in [0.2, 0.25) is 5.91 Å². The van der Waals surface area contributed by atoms with Crippen LogP contribution in [0.4, 0.5) is 11.5 Å². The van der Waals surface area contributed by atoms with Crippen LogP contribution >= 0.6 is 0 Å². The van der Waals surface area contributed by atoms with Crippen LogP contribution < -0.4 is 21.9 Å². The van der Waals surface area contributed by atoms with Gasteiger partial charge in [-0.05, 0) is 24.8 Å². The molecule has 2 aromatic rings. The van der Waals surface area contributed by atoms with Crippen LogP contribution in [0, 0.1) is 11.8 Å². The maximum Gasteiger partial charge on any atom is 0.271 e. The summed E-state index contributed by atoms with van der Waals surface area (Å²) >= 11 is 0. The Balaban J connectivity index is 1.49. The summed E-state index contributed by atoms with van der Waals surface area (Å²) in [6.07, 6.45) is 8.64. The largest absolute Gasteiger partial charge is 0.377 e. The quantitative estimate of drug-likeness (QED) is 0.479. The number of pyridine rings is 1. The van der Waals surface area contributed by atoms with Crippen molar-refractivity contribution < 1.29 is 4.79 Å². The Morgan fingerprint density at radius 2 is 2.13 bits per heavy atom. The minimum atomic E-state index is -0.162. The van der Waals surface area contributed by atoms with Gasteiger partial charge in [-0.15, -0.1) is 0 Å². The van der Waals surface area contributed by atoms with Crippen LogP contribution in [-0.2, 0) is 4.79 Å². The topological polar surface area (TPSA) is 129 Å². The number of nitrogens with one attached hydrogen (secondary N) is 3. The molecule has 1 saturated carbocycles. The number of nitrogens with two attached hydrogens (primary N) is 1. The second-order valence-electron chi connectivity index (χ2n) is 7.82. The van der Waals surface area contributed by atoms with Gasteiger partial charge in [0.15, 0.2) is 0 Å². The summed E-state index contributed by atoms with van der Waals surface area (Å²) in [4.78, 5) is 37.6. The van der Waals surface area contributed by atoms with Gasteiger partial charge in [0.05, 0.1) is 5.69 Å². The number of amides is 1. The van der Waals surface area contributed by atoms with E-state index in [9.17, 15) is 9.59 Å². The van der Waals surface area contributed by atoms with Crippen molar-refractivity contribution in [3.63, 3.8) is 0 Å². The Bertz CT molecular complexity index is 993. The molecule has 0 spiro atoms. The fourth-order valence-corrected chi connectivity index (χ4v) is 3.84. The van der Waals surface area contributed by atoms with Crippen LogP contribution in [0.15, 0.2) is 41.6 Å². The Labute approximate surface area is 174 Å². The summed E-state index contributed by atoms with van der Waals surface area (Å²) < 4.78 is 0. The second kappa shape index (κ2) is 8.66. The molecule has 9 nitrogen and oxygen atoms in total. The van der Waals surface area contributed by atoms with Gasteiger partial charge >= 0.3 is 0 Å². The first-order chi connectivity index (χ1) is 14.6. The Hall–Kier alpha value is -3.20. The Morgan fingerprint density at radius 3 is 2.83 bits per heavy atom. The van der Waals surface area contributed by atoms with Crippen LogP contribution in [0.3, 0.4) is 0 Å². The van der Waals surface area contributed by atoms with Crippen LogP contribution in [0.2, 0.25) is 0 Å². The standard InChI is InChI=1S/C21H27N7O2/c1-23-18-8-16(25-12-26-18)14-7-17(21(30)24-9-14)27-20(13-4-5-13)15-10-28(11-15)19(29)3-2-6-22/h2-3,7-9,12-13,15,20,27H,4-6,10-11,22H2,1H3,(H,24,30)(H,23,25,26)/b3-2+. The molecule has 1 unspecified atom stereocenters. The zero-order chi connectivity index (χ0) is 21.1. The van der Waals surface area contributed by atoms with Crippen LogP contribution in [-0.4, -0.2) is 58.5 Å². The highest BCUT2D eigenvalue weighted by atomic mass is 16.2. The van der Waals surface area contributed by atoms with Crippen LogP contribution in [0.1, 0.15) is 12.8 Å². The molecule has 158 valence electrons. The van der Waals surface area contributed by atoms with E-state index in [4.69, 9.17) is 5.73 Å². The van der Waals surface area contributed by atoms with E-state index in [2.05, 4.69) is 25.6 Å². The number of anilines is 2. The third-order valence-corrected chi connectivity index (χ3v) is 5.70. The molecular formula is C21H27N7O2. The second-order valence-corrected chi connectivity index (χ2v) is 7.82. The minimum Gasteiger partial charge on any atom is -0.377 e. The lowest BCUT2D eigenvalue weighted by Gasteiger charge is -2.43. The van der Waals surface area contributed by atoms with Crippen LogP contribution in [0.5, 0.6) is 0 Å². The number of H-pyrrole nitrogens is 1. The summed E-state index contributed by atoms with van der Waals surface area (Å²) in [6.45, 7) is 1.74. The smallest absolute Gasteiger partial charge is 0.271 e. The molecule has 0 radical (unpaired) electrons. The molecule has 1 atom stereocenters. The maximum atomic E-state index is 12.5. The van der Waals surface area contributed by atoms with Crippen LogP contribution in [0.25, 0.3) is 11.3 Å². The predicted octanol–water partition coefficient (Wildman–Crippen LogP) is 1.04. The average Bonchev–Trinajstić information content (AvgIpc) is 3.57. The first-order valence-corrected chi connectivity index (χ1v) is 10.2. The lowest BCUT2D eigenvalue weighted by molar-refractivity contribution is -0.132. The number of aromatic nitrogens is 3. The molecule has 1 aliphatic heterocycles. The molecule has 0 bridgehead atoms.